The van der Waals surface area contributed by atoms with Gasteiger partial charge in [-0.1, -0.05) is 18.2 Å². The Kier molecular flexibility index (Phi) is 4.88. The van der Waals surface area contributed by atoms with E-state index in [9.17, 15) is 18.4 Å². The lowest BCUT2D eigenvalue weighted by Crippen LogP contribution is -2.37. The van der Waals surface area contributed by atoms with Gasteiger partial charge in [-0.05, 0) is 37.1 Å². The van der Waals surface area contributed by atoms with Gasteiger partial charge in [0.1, 0.15) is 6.54 Å². The van der Waals surface area contributed by atoms with Gasteiger partial charge in [0.05, 0.1) is 0 Å². The minimum atomic E-state index is -1.01. The highest BCUT2D eigenvalue weighted by Crippen LogP contribution is 2.23. The van der Waals surface area contributed by atoms with E-state index in [1.807, 2.05) is 32.0 Å². The predicted molar refractivity (Wildman–Crippen MR) is 95.2 cm³/mol. The number of aryl methyl sites for hydroxylation is 2. The van der Waals surface area contributed by atoms with Crippen LogP contribution >= 0.6 is 0 Å². The quantitative estimate of drug-likeness (QED) is 0.909. The number of hydrogen-bond acceptors (Lipinski definition) is 2. The summed E-state index contributed by atoms with van der Waals surface area (Å²) in [6.07, 6.45) is 0. The molecule has 1 aliphatic rings. The monoisotopic (exact) mass is 359 g/mol. The van der Waals surface area contributed by atoms with E-state index in [-0.39, 0.29) is 18.1 Å². The molecular formula is C19H19F2N3O2. The van der Waals surface area contributed by atoms with Crippen molar-refractivity contribution in [3.63, 3.8) is 0 Å². The zero-order chi connectivity index (χ0) is 18.8. The first-order chi connectivity index (χ1) is 12.4. The number of halogens is 2. The van der Waals surface area contributed by atoms with E-state index >= 15 is 0 Å². The number of carbonyl (C=O) groups excluding carboxylic acids is 2. The van der Waals surface area contributed by atoms with Gasteiger partial charge in [-0.3, -0.25) is 9.69 Å². The number of anilines is 2. The van der Waals surface area contributed by atoms with Gasteiger partial charge in [-0.2, -0.15) is 0 Å². The van der Waals surface area contributed by atoms with Gasteiger partial charge in [-0.25, -0.2) is 13.6 Å². The number of nitrogens with one attached hydrogen (secondary N) is 1. The Morgan fingerprint density at radius 1 is 1.08 bits per heavy atom. The highest BCUT2D eigenvalue weighted by atomic mass is 19.2. The molecule has 26 heavy (non-hydrogen) atoms. The standard InChI is InChI=1S/C19H19F2N3O2/c1-12-4-3-5-13(2)18(12)22-17(25)11-23-8-9-24(19(23)26)14-6-7-15(20)16(21)10-14/h3-7,10H,8-9,11H2,1-2H3,(H,22,25). The van der Waals surface area contributed by atoms with Crippen molar-refractivity contribution in [2.24, 2.45) is 0 Å². The second-order valence-corrected chi connectivity index (χ2v) is 6.27. The van der Waals surface area contributed by atoms with Crippen molar-refractivity contribution in [3.8, 4) is 0 Å². The van der Waals surface area contributed by atoms with E-state index in [4.69, 9.17) is 0 Å². The number of carbonyl (C=O) groups is 2. The van der Waals surface area contributed by atoms with Gasteiger partial charge >= 0.3 is 6.03 Å². The van der Waals surface area contributed by atoms with E-state index in [0.29, 0.717) is 13.1 Å². The summed E-state index contributed by atoms with van der Waals surface area (Å²) in [5.74, 6) is -2.28. The van der Waals surface area contributed by atoms with Gasteiger partial charge < -0.3 is 10.2 Å². The Bertz CT molecular complexity index is 850. The van der Waals surface area contributed by atoms with Crippen LogP contribution in [0.2, 0.25) is 0 Å². The summed E-state index contributed by atoms with van der Waals surface area (Å²) in [5.41, 5.74) is 2.89. The van der Waals surface area contributed by atoms with Crippen molar-refractivity contribution in [2.45, 2.75) is 13.8 Å². The summed E-state index contributed by atoms with van der Waals surface area (Å²) >= 11 is 0. The lowest BCUT2D eigenvalue weighted by atomic mass is 10.1. The van der Waals surface area contributed by atoms with Crippen LogP contribution < -0.4 is 10.2 Å². The number of hydrogen-bond donors (Lipinski definition) is 1. The highest BCUT2D eigenvalue weighted by Gasteiger charge is 2.31. The van der Waals surface area contributed by atoms with Gasteiger partial charge in [-0.15, -0.1) is 0 Å². The Morgan fingerprint density at radius 3 is 2.42 bits per heavy atom. The molecule has 1 N–H and O–H groups in total. The van der Waals surface area contributed by atoms with E-state index in [1.165, 1.54) is 15.9 Å². The number of rotatable bonds is 4. The van der Waals surface area contributed by atoms with Crippen molar-refractivity contribution < 1.29 is 18.4 Å². The number of benzene rings is 2. The van der Waals surface area contributed by atoms with Crippen LogP contribution in [0.3, 0.4) is 0 Å². The maximum absolute atomic E-state index is 13.4. The molecule has 2 aromatic rings. The van der Waals surface area contributed by atoms with Gasteiger partial charge in [0, 0.05) is 30.5 Å². The largest absolute Gasteiger partial charge is 0.325 e. The SMILES string of the molecule is Cc1cccc(C)c1NC(=O)CN1CCN(c2ccc(F)c(F)c2)C1=O. The first-order valence-electron chi connectivity index (χ1n) is 8.24. The van der Waals surface area contributed by atoms with Crippen LogP contribution in [-0.4, -0.2) is 36.5 Å². The molecule has 1 fully saturated rings. The molecule has 2 aromatic carbocycles. The smallest absolute Gasteiger partial charge is 0.324 e. The number of para-hydroxylation sites is 1. The first kappa shape index (κ1) is 17.8. The highest BCUT2D eigenvalue weighted by molar-refractivity contribution is 5.99. The molecule has 0 aromatic heterocycles. The lowest BCUT2D eigenvalue weighted by Gasteiger charge is -2.19. The maximum Gasteiger partial charge on any atom is 0.325 e. The zero-order valence-corrected chi connectivity index (χ0v) is 14.6. The molecule has 1 aliphatic heterocycles. The Hall–Kier alpha value is -2.96. The third-order valence-electron chi connectivity index (χ3n) is 4.39. The fourth-order valence-electron chi connectivity index (χ4n) is 2.99. The van der Waals surface area contributed by atoms with Crippen LogP contribution in [-0.2, 0) is 4.79 Å². The molecule has 0 radical (unpaired) electrons. The Balaban J connectivity index is 1.67. The van der Waals surface area contributed by atoms with Crippen molar-refractivity contribution in [3.05, 3.63) is 59.2 Å². The summed E-state index contributed by atoms with van der Waals surface area (Å²) in [5, 5.41) is 2.84. The van der Waals surface area contributed by atoms with Crippen LogP contribution in [0.25, 0.3) is 0 Å². The molecule has 1 heterocycles. The molecule has 0 unspecified atom stereocenters. The summed E-state index contributed by atoms with van der Waals surface area (Å²) in [6.45, 7) is 4.33. The number of amides is 3. The summed E-state index contributed by atoms with van der Waals surface area (Å²) in [6, 6.07) is 8.60. The lowest BCUT2D eigenvalue weighted by molar-refractivity contribution is -0.116. The average Bonchev–Trinajstić information content (AvgIpc) is 2.94. The van der Waals surface area contributed by atoms with Crippen LogP contribution in [0, 0.1) is 25.5 Å². The predicted octanol–water partition coefficient (Wildman–Crippen LogP) is 3.46. The minimum Gasteiger partial charge on any atom is -0.324 e. The molecule has 7 heteroatoms. The fraction of sp³-hybridized carbons (Fsp3) is 0.263. The van der Waals surface area contributed by atoms with E-state index in [0.717, 1.165) is 28.9 Å². The van der Waals surface area contributed by atoms with Gasteiger partial charge in [0.2, 0.25) is 5.91 Å². The minimum absolute atomic E-state index is 0.104. The molecule has 136 valence electrons. The van der Waals surface area contributed by atoms with Crippen molar-refractivity contribution in [1.29, 1.82) is 0 Å². The summed E-state index contributed by atoms with van der Waals surface area (Å²) in [4.78, 5) is 27.5. The summed E-state index contributed by atoms with van der Waals surface area (Å²) in [7, 11) is 0. The molecule has 0 saturated carbocycles. The van der Waals surface area contributed by atoms with E-state index in [2.05, 4.69) is 5.32 Å². The van der Waals surface area contributed by atoms with Gasteiger partial charge in [0.25, 0.3) is 0 Å². The average molecular weight is 359 g/mol. The Morgan fingerprint density at radius 2 is 1.77 bits per heavy atom. The van der Waals surface area contributed by atoms with Crippen LogP contribution in [0.4, 0.5) is 25.0 Å². The number of urea groups is 1. The first-order valence-corrected chi connectivity index (χ1v) is 8.24. The third kappa shape index (κ3) is 3.51. The van der Waals surface area contributed by atoms with E-state index in [1.54, 1.807) is 0 Å². The Labute approximate surface area is 150 Å². The third-order valence-corrected chi connectivity index (χ3v) is 4.39. The molecular weight excluding hydrogens is 340 g/mol. The molecule has 0 bridgehead atoms. The zero-order valence-electron chi connectivity index (χ0n) is 14.6. The van der Waals surface area contributed by atoms with E-state index < -0.39 is 17.7 Å². The fourth-order valence-corrected chi connectivity index (χ4v) is 2.99. The summed E-state index contributed by atoms with van der Waals surface area (Å²) < 4.78 is 26.5. The molecule has 0 spiro atoms. The van der Waals surface area contributed by atoms with Gasteiger partial charge in [0.15, 0.2) is 11.6 Å². The van der Waals surface area contributed by atoms with Crippen molar-refractivity contribution in [2.75, 3.05) is 29.9 Å². The van der Waals surface area contributed by atoms with Crippen molar-refractivity contribution in [1.82, 2.24) is 4.90 Å². The normalized spacial score (nSPS) is 14.1. The molecule has 3 amide bonds. The molecule has 0 aliphatic carbocycles. The maximum atomic E-state index is 13.4. The topological polar surface area (TPSA) is 52.7 Å². The van der Waals surface area contributed by atoms with Crippen LogP contribution in [0.5, 0.6) is 0 Å². The van der Waals surface area contributed by atoms with Crippen LogP contribution in [0.1, 0.15) is 11.1 Å². The molecule has 5 nitrogen and oxygen atoms in total. The second kappa shape index (κ2) is 7.11. The number of nitrogens with zero attached hydrogens (tertiary/aromatic N) is 2. The molecule has 1 saturated heterocycles. The second-order valence-electron chi connectivity index (χ2n) is 6.27. The van der Waals surface area contributed by atoms with Crippen molar-refractivity contribution >= 4 is 23.3 Å². The molecule has 0 atom stereocenters. The molecule has 3 rings (SSSR count). The van der Waals surface area contributed by atoms with Crippen LogP contribution in [0.15, 0.2) is 36.4 Å².